The van der Waals surface area contributed by atoms with Crippen molar-refractivity contribution < 1.29 is 4.74 Å². The zero-order valence-electron chi connectivity index (χ0n) is 15.7. The molecule has 0 radical (unpaired) electrons. The third kappa shape index (κ3) is 3.50. The van der Waals surface area contributed by atoms with Gasteiger partial charge >= 0.3 is 0 Å². The summed E-state index contributed by atoms with van der Waals surface area (Å²) in [4.78, 5) is 14.5. The summed E-state index contributed by atoms with van der Waals surface area (Å²) in [5, 5.41) is 12.4. The Bertz CT molecular complexity index is 1280. The Balaban J connectivity index is 1.45. The number of aromatic amines is 1. The lowest BCUT2D eigenvalue weighted by molar-refractivity contribution is 0.417. The molecule has 3 aromatic heterocycles. The number of benzene rings is 2. The average molecular weight is 402 g/mol. The van der Waals surface area contributed by atoms with Crippen LogP contribution in [0.3, 0.4) is 0 Å². The van der Waals surface area contributed by atoms with Crippen molar-refractivity contribution in [2.45, 2.75) is 12.8 Å². The van der Waals surface area contributed by atoms with E-state index in [4.69, 9.17) is 9.72 Å². The van der Waals surface area contributed by atoms with Crippen molar-refractivity contribution in [2.75, 3.05) is 12.4 Å². The number of anilines is 2. The maximum atomic E-state index is 5.53. The number of aryl methyl sites for hydroxylation is 2. The standard InChI is InChI=1S/C21H18N6OS/c1-28-17-10-15-14(11-24-27-15)9-16(17)25-20-19-21(23-12-22-20)29-18(26-19)8-7-13-5-3-2-4-6-13/h2-6,9-12H,7-8H2,1H3,(H,24,27)(H,22,23,25). The highest BCUT2D eigenvalue weighted by molar-refractivity contribution is 7.18. The Morgan fingerprint density at radius 2 is 2.00 bits per heavy atom. The lowest BCUT2D eigenvalue weighted by Crippen LogP contribution is -1.98. The molecule has 0 bridgehead atoms. The molecule has 0 saturated heterocycles. The molecule has 0 unspecified atom stereocenters. The lowest BCUT2D eigenvalue weighted by Gasteiger charge is -2.10. The van der Waals surface area contributed by atoms with Crippen molar-refractivity contribution in [1.82, 2.24) is 25.1 Å². The molecule has 0 atom stereocenters. The number of aromatic nitrogens is 5. The monoisotopic (exact) mass is 402 g/mol. The average Bonchev–Trinajstić information content (AvgIpc) is 3.39. The van der Waals surface area contributed by atoms with E-state index >= 15 is 0 Å². The summed E-state index contributed by atoms with van der Waals surface area (Å²) < 4.78 is 5.53. The molecule has 2 N–H and O–H groups in total. The van der Waals surface area contributed by atoms with Gasteiger partial charge in [-0.2, -0.15) is 5.10 Å². The number of rotatable bonds is 6. The lowest BCUT2D eigenvalue weighted by atomic mass is 10.1. The Hall–Kier alpha value is -3.52. The predicted molar refractivity (Wildman–Crippen MR) is 115 cm³/mol. The van der Waals surface area contributed by atoms with Crippen molar-refractivity contribution in [1.29, 1.82) is 0 Å². The van der Waals surface area contributed by atoms with Gasteiger partial charge in [-0.25, -0.2) is 15.0 Å². The molecule has 0 spiro atoms. The number of nitrogens with one attached hydrogen (secondary N) is 2. The topological polar surface area (TPSA) is 88.6 Å². The van der Waals surface area contributed by atoms with Crippen LogP contribution in [0.2, 0.25) is 0 Å². The molecule has 3 heterocycles. The summed E-state index contributed by atoms with van der Waals surface area (Å²) in [7, 11) is 1.64. The summed E-state index contributed by atoms with van der Waals surface area (Å²) in [6, 6.07) is 14.3. The van der Waals surface area contributed by atoms with Gasteiger partial charge in [-0.05, 0) is 18.1 Å². The fourth-order valence-corrected chi connectivity index (χ4v) is 4.16. The van der Waals surface area contributed by atoms with Crippen molar-refractivity contribution >= 4 is 44.1 Å². The fourth-order valence-electron chi connectivity index (χ4n) is 3.26. The fraction of sp³-hybridized carbons (Fsp3) is 0.143. The smallest absolute Gasteiger partial charge is 0.161 e. The summed E-state index contributed by atoms with van der Waals surface area (Å²) in [6.45, 7) is 0. The molecule has 0 amide bonds. The molecule has 0 saturated carbocycles. The van der Waals surface area contributed by atoms with Crippen LogP contribution in [0.5, 0.6) is 5.75 Å². The van der Waals surface area contributed by atoms with Crippen LogP contribution in [0.15, 0.2) is 55.0 Å². The van der Waals surface area contributed by atoms with Crippen molar-refractivity contribution in [2.24, 2.45) is 0 Å². The van der Waals surface area contributed by atoms with Gasteiger partial charge in [-0.15, -0.1) is 0 Å². The maximum absolute atomic E-state index is 5.53. The maximum Gasteiger partial charge on any atom is 0.161 e. The first-order chi connectivity index (χ1) is 14.3. The van der Waals surface area contributed by atoms with Gasteiger partial charge < -0.3 is 10.1 Å². The molecule has 0 fully saturated rings. The zero-order valence-corrected chi connectivity index (χ0v) is 16.5. The molecule has 29 heavy (non-hydrogen) atoms. The van der Waals surface area contributed by atoms with E-state index in [9.17, 15) is 0 Å². The Kier molecular flexibility index (Phi) is 4.53. The van der Waals surface area contributed by atoms with Gasteiger partial charge in [-0.3, -0.25) is 5.10 Å². The number of fused-ring (bicyclic) bond motifs is 2. The van der Waals surface area contributed by atoms with Crippen LogP contribution in [0, 0.1) is 0 Å². The van der Waals surface area contributed by atoms with Gasteiger partial charge in [0, 0.05) is 17.9 Å². The second-order valence-corrected chi connectivity index (χ2v) is 7.67. The first-order valence-corrected chi connectivity index (χ1v) is 10.0. The van der Waals surface area contributed by atoms with E-state index < -0.39 is 0 Å². The molecule has 5 aromatic rings. The molecular weight excluding hydrogens is 384 g/mol. The minimum absolute atomic E-state index is 0.665. The van der Waals surface area contributed by atoms with E-state index in [1.165, 1.54) is 5.56 Å². The normalized spacial score (nSPS) is 11.2. The van der Waals surface area contributed by atoms with Crippen LogP contribution in [-0.4, -0.2) is 32.3 Å². The molecule has 5 rings (SSSR count). The van der Waals surface area contributed by atoms with Crippen LogP contribution in [-0.2, 0) is 12.8 Å². The summed E-state index contributed by atoms with van der Waals surface area (Å²) >= 11 is 1.61. The van der Waals surface area contributed by atoms with Gasteiger partial charge in [-0.1, -0.05) is 41.7 Å². The number of hydrogen-bond acceptors (Lipinski definition) is 7. The molecule has 0 aliphatic carbocycles. The number of H-pyrrole nitrogens is 1. The van der Waals surface area contributed by atoms with Gasteiger partial charge in [0.25, 0.3) is 0 Å². The van der Waals surface area contributed by atoms with Gasteiger partial charge in [0.1, 0.15) is 22.4 Å². The van der Waals surface area contributed by atoms with E-state index in [0.29, 0.717) is 11.6 Å². The van der Waals surface area contributed by atoms with E-state index in [1.54, 1.807) is 31.0 Å². The van der Waals surface area contributed by atoms with Crippen LogP contribution in [0.25, 0.3) is 21.3 Å². The van der Waals surface area contributed by atoms with E-state index in [0.717, 1.165) is 44.8 Å². The largest absolute Gasteiger partial charge is 0.494 e. The molecule has 7 nitrogen and oxygen atoms in total. The van der Waals surface area contributed by atoms with Crippen LogP contribution < -0.4 is 10.1 Å². The quantitative estimate of drug-likeness (QED) is 0.435. The third-order valence-corrected chi connectivity index (χ3v) is 5.75. The van der Waals surface area contributed by atoms with Crippen LogP contribution >= 0.6 is 11.3 Å². The van der Waals surface area contributed by atoms with Gasteiger partial charge in [0.2, 0.25) is 0 Å². The van der Waals surface area contributed by atoms with Crippen LogP contribution in [0.1, 0.15) is 10.6 Å². The number of thiazole rings is 1. The summed E-state index contributed by atoms with van der Waals surface area (Å²) in [5.74, 6) is 1.37. The third-order valence-electron chi connectivity index (χ3n) is 4.72. The number of hydrogen-bond donors (Lipinski definition) is 2. The first kappa shape index (κ1) is 17.6. The van der Waals surface area contributed by atoms with Crippen molar-refractivity contribution in [3.8, 4) is 5.75 Å². The Morgan fingerprint density at radius 3 is 2.86 bits per heavy atom. The molecule has 2 aromatic carbocycles. The number of methoxy groups -OCH3 is 1. The highest BCUT2D eigenvalue weighted by atomic mass is 32.1. The second kappa shape index (κ2) is 7.48. The SMILES string of the molecule is COc1cc2[nH]ncc2cc1Nc1ncnc2sc(CCc3ccccc3)nc12. The highest BCUT2D eigenvalue weighted by Gasteiger charge is 2.14. The van der Waals surface area contributed by atoms with E-state index in [2.05, 4.69) is 49.7 Å². The van der Waals surface area contributed by atoms with Gasteiger partial charge in [0.05, 0.1) is 29.5 Å². The first-order valence-electron chi connectivity index (χ1n) is 9.22. The molecule has 0 aliphatic heterocycles. The molecule has 144 valence electrons. The van der Waals surface area contributed by atoms with Crippen molar-refractivity contribution in [3.05, 3.63) is 65.6 Å². The Labute approximate surface area is 170 Å². The minimum atomic E-state index is 0.665. The van der Waals surface area contributed by atoms with Crippen molar-refractivity contribution in [3.63, 3.8) is 0 Å². The van der Waals surface area contributed by atoms with E-state index in [1.807, 2.05) is 18.2 Å². The molecular formula is C21H18N6OS. The zero-order chi connectivity index (χ0) is 19.6. The van der Waals surface area contributed by atoms with Gasteiger partial charge in [0.15, 0.2) is 5.82 Å². The second-order valence-electron chi connectivity index (χ2n) is 6.60. The highest BCUT2D eigenvalue weighted by Crippen LogP contribution is 2.34. The number of nitrogens with zero attached hydrogens (tertiary/aromatic N) is 4. The predicted octanol–water partition coefficient (Wildman–Crippen LogP) is 4.50. The Morgan fingerprint density at radius 1 is 1.10 bits per heavy atom. The minimum Gasteiger partial charge on any atom is -0.494 e. The number of ether oxygens (including phenoxy) is 1. The van der Waals surface area contributed by atoms with Crippen LogP contribution in [0.4, 0.5) is 11.5 Å². The summed E-state index contributed by atoms with van der Waals surface area (Å²) in [5.41, 5.74) is 3.79. The van der Waals surface area contributed by atoms with E-state index in [-0.39, 0.29) is 0 Å². The molecule has 8 heteroatoms. The molecule has 0 aliphatic rings. The summed E-state index contributed by atoms with van der Waals surface area (Å²) in [6.07, 6.45) is 5.16.